The molecule has 14 heavy (non-hydrogen) atoms. The third-order valence-electron chi connectivity index (χ3n) is 1.59. The van der Waals surface area contributed by atoms with Crippen LogP contribution in [0.1, 0.15) is 16.1 Å². The number of methoxy groups -OCH3 is 2. The lowest BCUT2D eigenvalue weighted by Crippen LogP contribution is -2.05. The molecule has 4 nitrogen and oxygen atoms in total. The second-order valence-electron chi connectivity index (χ2n) is 2.60. The first-order chi connectivity index (χ1) is 6.69. The average molecular weight is 216 g/mol. The van der Waals surface area contributed by atoms with E-state index in [1.165, 1.54) is 13.3 Å². The van der Waals surface area contributed by atoms with E-state index in [0.717, 1.165) is 5.56 Å². The summed E-state index contributed by atoms with van der Waals surface area (Å²) in [7, 11) is 2.85. The Kier molecular flexibility index (Phi) is 3.85. The van der Waals surface area contributed by atoms with Crippen molar-refractivity contribution in [2.45, 2.75) is 6.61 Å². The summed E-state index contributed by atoms with van der Waals surface area (Å²) in [4.78, 5) is 15.0. The van der Waals surface area contributed by atoms with E-state index in [4.69, 9.17) is 16.3 Å². The molecule has 0 radical (unpaired) electrons. The summed E-state index contributed by atoms with van der Waals surface area (Å²) in [6.45, 7) is 0.411. The van der Waals surface area contributed by atoms with Crippen molar-refractivity contribution in [1.29, 1.82) is 0 Å². The number of ether oxygens (including phenoxy) is 2. The molecule has 0 saturated heterocycles. The topological polar surface area (TPSA) is 48.4 Å². The number of nitrogens with zero attached hydrogens (tertiary/aromatic N) is 1. The van der Waals surface area contributed by atoms with Gasteiger partial charge in [0.25, 0.3) is 0 Å². The summed E-state index contributed by atoms with van der Waals surface area (Å²) in [6, 6.07) is 1.63. The number of aromatic nitrogens is 1. The van der Waals surface area contributed by atoms with Gasteiger partial charge in [-0.2, -0.15) is 0 Å². The van der Waals surface area contributed by atoms with Gasteiger partial charge in [0.1, 0.15) is 0 Å². The van der Waals surface area contributed by atoms with Crippen LogP contribution in [0.15, 0.2) is 12.3 Å². The molecule has 0 fully saturated rings. The van der Waals surface area contributed by atoms with E-state index in [0.29, 0.717) is 6.61 Å². The molecule has 0 N–H and O–H groups in total. The highest BCUT2D eigenvalue weighted by Gasteiger charge is 2.12. The fourth-order valence-corrected chi connectivity index (χ4v) is 1.24. The van der Waals surface area contributed by atoms with Crippen LogP contribution in [0.2, 0.25) is 5.02 Å². The molecule has 0 saturated carbocycles. The van der Waals surface area contributed by atoms with E-state index in [2.05, 4.69) is 9.72 Å². The zero-order valence-electron chi connectivity index (χ0n) is 7.91. The molecule has 5 heteroatoms. The monoisotopic (exact) mass is 215 g/mol. The van der Waals surface area contributed by atoms with E-state index < -0.39 is 5.97 Å². The zero-order chi connectivity index (χ0) is 10.6. The Bertz CT molecular complexity index is 341. The van der Waals surface area contributed by atoms with Gasteiger partial charge in [-0.05, 0) is 11.6 Å². The van der Waals surface area contributed by atoms with Gasteiger partial charge in [-0.1, -0.05) is 11.6 Å². The number of hydrogen-bond acceptors (Lipinski definition) is 4. The van der Waals surface area contributed by atoms with Crippen LogP contribution in [-0.2, 0) is 16.1 Å². The molecule has 0 aliphatic rings. The molecule has 0 aromatic carbocycles. The maximum Gasteiger partial charge on any atom is 0.358 e. The van der Waals surface area contributed by atoms with Gasteiger partial charge in [-0.3, -0.25) is 0 Å². The lowest BCUT2D eigenvalue weighted by molar-refractivity contribution is 0.0594. The number of halogens is 1. The number of esters is 1. The van der Waals surface area contributed by atoms with E-state index in [9.17, 15) is 4.79 Å². The second-order valence-corrected chi connectivity index (χ2v) is 3.01. The summed E-state index contributed by atoms with van der Waals surface area (Å²) >= 11 is 5.82. The fraction of sp³-hybridized carbons (Fsp3) is 0.333. The normalized spacial score (nSPS) is 9.93. The van der Waals surface area contributed by atoms with Gasteiger partial charge in [-0.25, -0.2) is 9.78 Å². The van der Waals surface area contributed by atoms with Crippen molar-refractivity contribution in [3.8, 4) is 0 Å². The predicted molar refractivity (Wildman–Crippen MR) is 51.3 cm³/mol. The van der Waals surface area contributed by atoms with E-state index >= 15 is 0 Å². The van der Waals surface area contributed by atoms with Gasteiger partial charge in [0, 0.05) is 13.3 Å². The fourth-order valence-electron chi connectivity index (χ4n) is 0.970. The minimum Gasteiger partial charge on any atom is -0.464 e. The molecule has 1 heterocycles. The zero-order valence-corrected chi connectivity index (χ0v) is 8.67. The van der Waals surface area contributed by atoms with Gasteiger partial charge >= 0.3 is 5.97 Å². The second kappa shape index (κ2) is 4.93. The first kappa shape index (κ1) is 10.9. The highest BCUT2D eigenvalue weighted by Crippen LogP contribution is 2.16. The summed E-state index contributed by atoms with van der Waals surface area (Å²) in [5.41, 5.74) is 0.930. The van der Waals surface area contributed by atoms with Crippen LogP contribution >= 0.6 is 11.6 Å². The molecule has 0 amide bonds. The predicted octanol–water partition coefficient (Wildman–Crippen LogP) is 1.67. The van der Waals surface area contributed by atoms with Crippen LogP contribution in [-0.4, -0.2) is 25.2 Å². The van der Waals surface area contributed by atoms with Crippen LogP contribution in [0.3, 0.4) is 0 Å². The number of carbonyl (C=O) groups excluding carboxylic acids is 1. The maximum absolute atomic E-state index is 11.1. The van der Waals surface area contributed by atoms with Gasteiger partial charge in [-0.15, -0.1) is 0 Å². The van der Waals surface area contributed by atoms with Crippen molar-refractivity contribution in [2.24, 2.45) is 0 Å². The summed E-state index contributed by atoms with van der Waals surface area (Å²) in [6.07, 6.45) is 1.53. The summed E-state index contributed by atoms with van der Waals surface area (Å²) in [5, 5.41) is 0.270. The standard InChI is InChI=1S/C9H10ClNO3/c1-13-5-6-3-7(10)8(11-4-6)9(12)14-2/h3-4H,5H2,1-2H3. The molecular weight excluding hydrogens is 206 g/mol. The van der Waals surface area contributed by atoms with Crippen molar-refractivity contribution in [2.75, 3.05) is 14.2 Å². The van der Waals surface area contributed by atoms with E-state index in [1.54, 1.807) is 13.2 Å². The molecule has 76 valence electrons. The molecular formula is C9H10ClNO3. The number of carbonyl (C=O) groups is 1. The molecule has 0 aliphatic carbocycles. The SMILES string of the molecule is COCc1cnc(C(=O)OC)c(Cl)c1. The van der Waals surface area contributed by atoms with Gasteiger partial charge in [0.15, 0.2) is 5.69 Å². The Hall–Kier alpha value is -1.13. The number of pyridine rings is 1. The third kappa shape index (κ3) is 2.43. The number of rotatable bonds is 3. The van der Waals surface area contributed by atoms with Crippen LogP contribution in [0.25, 0.3) is 0 Å². The maximum atomic E-state index is 11.1. The van der Waals surface area contributed by atoms with Crippen molar-refractivity contribution >= 4 is 17.6 Å². The molecule has 0 atom stereocenters. The van der Waals surface area contributed by atoms with Crippen LogP contribution < -0.4 is 0 Å². The molecule has 0 bridgehead atoms. The van der Waals surface area contributed by atoms with Crippen molar-refractivity contribution in [3.63, 3.8) is 0 Å². The smallest absolute Gasteiger partial charge is 0.358 e. The molecule has 1 aromatic rings. The largest absolute Gasteiger partial charge is 0.464 e. The first-order valence-electron chi connectivity index (χ1n) is 3.90. The van der Waals surface area contributed by atoms with Crippen LogP contribution in [0, 0.1) is 0 Å². The summed E-state index contributed by atoms with van der Waals surface area (Å²) < 4.78 is 9.39. The molecule has 0 unspecified atom stereocenters. The first-order valence-corrected chi connectivity index (χ1v) is 4.28. The average Bonchev–Trinajstić information content (AvgIpc) is 2.17. The molecule has 0 spiro atoms. The van der Waals surface area contributed by atoms with Crippen LogP contribution in [0.4, 0.5) is 0 Å². The minimum absolute atomic E-state index is 0.119. The Balaban J connectivity index is 2.95. The Morgan fingerprint density at radius 2 is 2.29 bits per heavy atom. The highest BCUT2D eigenvalue weighted by atomic mass is 35.5. The quantitative estimate of drug-likeness (QED) is 0.720. The molecule has 1 rings (SSSR count). The Morgan fingerprint density at radius 1 is 1.57 bits per heavy atom. The molecule has 0 aliphatic heterocycles. The third-order valence-corrected chi connectivity index (χ3v) is 1.88. The van der Waals surface area contributed by atoms with Crippen LogP contribution in [0.5, 0.6) is 0 Å². The minimum atomic E-state index is -0.543. The van der Waals surface area contributed by atoms with Gasteiger partial charge in [0.2, 0.25) is 0 Å². The van der Waals surface area contributed by atoms with Crippen molar-refractivity contribution in [3.05, 3.63) is 28.5 Å². The van der Waals surface area contributed by atoms with E-state index in [1.807, 2.05) is 0 Å². The van der Waals surface area contributed by atoms with Crippen molar-refractivity contribution < 1.29 is 14.3 Å². The lowest BCUT2D eigenvalue weighted by Gasteiger charge is -2.03. The van der Waals surface area contributed by atoms with Gasteiger partial charge in [0.05, 0.1) is 18.7 Å². The van der Waals surface area contributed by atoms with Crippen molar-refractivity contribution in [1.82, 2.24) is 4.98 Å². The Labute approximate surface area is 86.8 Å². The molecule has 1 aromatic heterocycles. The highest BCUT2D eigenvalue weighted by molar-refractivity contribution is 6.33. The number of hydrogen-bond donors (Lipinski definition) is 0. The lowest BCUT2D eigenvalue weighted by atomic mass is 10.2. The van der Waals surface area contributed by atoms with E-state index in [-0.39, 0.29) is 10.7 Å². The summed E-state index contributed by atoms with van der Waals surface area (Å²) in [5.74, 6) is -0.543. The Morgan fingerprint density at radius 3 is 2.79 bits per heavy atom. The van der Waals surface area contributed by atoms with Gasteiger partial charge < -0.3 is 9.47 Å².